The van der Waals surface area contributed by atoms with Gasteiger partial charge in [-0.1, -0.05) is 12.1 Å². The number of ether oxygens (including phenoxy) is 2. The molecule has 5 heteroatoms. The van der Waals surface area contributed by atoms with Gasteiger partial charge in [0.1, 0.15) is 17.3 Å². The molecule has 0 heterocycles. The fraction of sp³-hybridized carbons (Fsp3) is 0.278. The van der Waals surface area contributed by atoms with Gasteiger partial charge >= 0.3 is 0 Å². The van der Waals surface area contributed by atoms with Crippen LogP contribution in [0.1, 0.15) is 25.5 Å². The van der Waals surface area contributed by atoms with Crippen LogP contribution in [0.4, 0.5) is 4.39 Å². The minimum atomic E-state index is -0.300. The summed E-state index contributed by atoms with van der Waals surface area (Å²) in [5, 5.41) is 2.81. The van der Waals surface area contributed by atoms with Crippen molar-refractivity contribution in [3.05, 3.63) is 59.9 Å². The summed E-state index contributed by atoms with van der Waals surface area (Å²) < 4.78 is 23.6. The van der Waals surface area contributed by atoms with E-state index >= 15 is 0 Å². The summed E-state index contributed by atoms with van der Waals surface area (Å²) >= 11 is 0. The Bertz CT molecular complexity index is 626. The molecule has 0 aliphatic rings. The Morgan fingerprint density at radius 2 is 1.61 bits per heavy atom. The lowest BCUT2D eigenvalue weighted by atomic mass is 10.1. The summed E-state index contributed by atoms with van der Waals surface area (Å²) in [6, 6.07) is 12.9. The van der Waals surface area contributed by atoms with Gasteiger partial charge in [-0.3, -0.25) is 4.79 Å². The molecule has 0 aliphatic heterocycles. The molecule has 122 valence electrons. The van der Waals surface area contributed by atoms with Crippen molar-refractivity contribution >= 4 is 5.91 Å². The molecule has 4 nitrogen and oxygen atoms in total. The number of amides is 1. The van der Waals surface area contributed by atoms with Crippen LogP contribution in [-0.4, -0.2) is 19.1 Å². The maximum atomic E-state index is 12.9. The highest BCUT2D eigenvalue weighted by Gasteiger charge is 2.10. The zero-order valence-corrected chi connectivity index (χ0v) is 13.2. The molecule has 1 N–H and O–H groups in total. The van der Waals surface area contributed by atoms with E-state index in [2.05, 4.69) is 5.32 Å². The van der Waals surface area contributed by atoms with Crippen molar-refractivity contribution in [1.29, 1.82) is 0 Å². The second-order valence-corrected chi connectivity index (χ2v) is 5.03. The summed E-state index contributed by atoms with van der Waals surface area (Å²) in [4.78, 5) is 11.9. The van der Waals surface area contributed by atoms with Crippen LogP contribution < -0.4 is 14.8 Å². The Kier molecular flexibility index (Phi) is 5.97. The number of benzene rings is 2. The first-order valence-corrected chi connectivity index (χ1v) is 7.49. The largest absolute Gasteiger partial charge is 0.494 e. The van der Waals surface area contributed by atoms with Crippen LogP contribution in [0.5, 0.6) is 11.5 Å². The molecule has 1 unspecified atom stereocenters. The normalized spacial score (nSPS) is 11.6. The molecule has 0 radical (unpaired) electrons. The van der Waals surface area contributed by atoms with E-state index in [9.17, 15) is 9.18 Å². The smallest absolute Gasteiger partial charge is 0.258 e. The highest BCUT2D eigenvalue weighted by atomic mass is 19.1. The highest BCUT2D eigenvalue weighted by molar-refractivity contribution is 5.78. The summed E-state index contributed by atoms with van der Waals surface area (Å²) in [7, 11) is 0. The van der Waals surface area contributed by atoms with Gasteiger partial charge < -0.3 is 14.8 Å². The average Bonchev–Trinajstić information content (AvgIpc) is 2.55. The molecule has 2 rings (SSSR count). The van der Waals surface area contributed by atoms with E-state index in [1.165, 1.54) is 12.1 Å². The monoisotopic (exact) mass is 317 g/mol. The van der Waals surface area contributed by atoms with Crippen molar-refractivity contribution in [2.24, 2.45) is 0 Å². The van der Waals surface area contributed by atoms with Gasteiger partial charge in [-0.25, -0.2) is 4.39 Å². The van der Waals surface area contributed by atoms with E-state index in [1.54, 1.807) is 36.4 Å². The van der Waals surface area contributed by atoms with Crippen molar-refractivity contribution in [2.45, 2.75) is 19.9 Å². The van der Waals surface area contributed by atoms with E-state index in [0.717, 1.165) is 11.3 Å². The summed E-state index contributed by atoms with van der Waals surface area (Å²) in [5.41, 5.74) is 0.834. The van der Waals surface area contributed by atoms with E-state index in [1.807, 2.05) is 13.8 Å². The van der Waals surface area contributed by atoms with Crippen molar-refractivity contribution in [2.75, 3.05) is 13.2 Å². The third-order valence-electron chi connectivity index (χ3n) is 3.25. The number of hydrogen-bond donors (Lipinski definition) is 1. The average molecular weight is 317 g/mol. The first-order valence-electron chi connectivity index (χ1n) is 7.49. The topological polar surface area (TPSA) is 47.6 Å². The van der Waals surface area contributed by atoms with Crippen LogP contribution in [0.15, 0.2) is 48.5 Å². The third-order valence-corrected chi connectivity index (χ3v) is 3.25. The fourth-order valence-corrected chi connectivity index (χ4v) is 2.07. The maximum Gasteiger partial charge on any atom is 0.258 e. The number of carbonyl (C=O) groups excluding carboxylic acids is 1. The Morgan fingerprint density at radius 3 is 2.17 bits per heavy atom. The van der Waals surface area contributed by atoms with Crippen LogP contribution in [0.2, 0.25) is 0 Å². The molecule has 0 aliphatic carbocycles. The number of halogens is 1. The van der Waals surface area contributed by atoms with Crippen LogP contribution in [0.3, 0.4) is 0 Å². The minimum absolute atomic E-state index is 0.0838. The molecule has 2 aromatic rings. The van der Waals surface area contributed by atoms with Crippen molar-refractivity contribution in [3.8, 4) is 11.5 Å². The minimum Gasteiger partial charge on any atom is -0.494 e. The lowest BCUT2D eigenvalue weighted by Gasteiger charge is -2.15. The molecule has 0 saturated carbocycles. The lowest BCUT2D eigenvalue weighted by Crippen LogP contribution is -2.31. The number of hydrogen-bond acceptors (Lipinski definition) is 3. The van der Waals surface area contributed by atoms with Gasteiger partial charge in [0.25, 0.3) is 5.91 Å². The molecule has 1 atom stereocenters. The van der Waals surface area contributed by atoms with Gasteiger partial charge in [-0.2, -0.15) is 0 Å². The fourth-order valence-electron chi connectivity index (χ4n) is 2.07. The molecule has 0 spiro atoms. The van der Waals surface area contributed by atoms with Gasteiger partial charge in [0, 0.05) is 0 Å². The standard InChI is InChI=1S/C18H20FNO3/c1-3-22-16-8-10-17(11-9-16)23-12-18(21)20-13(2)14-4-6-15(19)7-5-14/h4-11,13H,3,12H2,1-2H3,(H,20,21). The van der Waals surface area contributed by atoms with E-state index < -0.39 is 0 Å². The molecule has 0 fully saturated rings. The molecule has 0 bridgehead atoms. The molecular weight excluding hydrogens is 297 g/mol. The maximum absolute atomic E-state index is 12.9. The quantitative estimate of drug-likeness (QED) is 0.850. The van der Waals surface area contributed by atoms with Crippen LogP contribution >= 0.6 is 0 Å². The van der Waals surface area contributed by atoms with E-state index in [4.69, 9.17) is 9.47 Å². The lowest BCUT2D eigenvalue weighted by molar-refractivity contribution is -0.123. The summed E-state index contributed by atoms with van der Waals surface area (Å²) in [6.45, 7) is 4.27. The number of carbonyl (C=O) groups is 1. The van der Waals surface area contributed by atoms with Crippen molar-refractivity contribution in [3.63, 3.8) is 0 Å². The number of nitrogens with one attached hydrogen (secondary N) is 1. The molecular formula is C18H20FNO3. The Labute approximate surface area is 135 Å². The Balaban J connectivity index is 1.81. The molecule has 0 saturated heterocycles. The van der Waals surface area contributed by atoms with E-state index in [0.29, 0.717) is 12.4 Å². The van der Waals surface area contributed by atoms with Crippen LogP contribution in [-0.2, 0) is 4.79 Å². The second-order valence-electron chi connectivity index (χ2n) is 5.03. The van der Waals surface area contributed by atoms with Crippen LogP contribution in [0, 0.1) is 5.82 Å². The molecule has 1 amide bonds. The van der Waals surface area contributed by atoms with Crippen molar-refractivity contribution in [1.82, 2.24) is 5.32 Å². The molecule has 2 aromatic carbocycles. The zero-order chi connectivity index (χ0) is 16.7. The first-order chi connectivity index (χ1) is 11.1. The van der Waals surface area contributed by atoms with Gasteiger partial charge in [0.15, 0.2) is 6.61 Å². The van der Waals surface area contributed by atoms with E-state index in [-0.39, 0.29) is 24.4 Å². The predicted molar refractivity (Wildman–Crippen MR) is 86.1 cm³/mol. The SMILES string of the molecule is CCOc1ccc(OCC(=O)NC(C)c2ccc(F)cc2)cc1. The summed E-state index contributed by atoms with van der Waals surface area (Å²) in [5.74, 6) is 0.814. The predicted octanol–water partition coefficient (Wildman–Crippen LogP) is 3.48. The van der Waals surface area contributed by atoms with Gasteiger partial charge in [0.2, 0.25) is 0 Å². The Morgan fingerprint density at radius 1 is 1.04 bits per heavy atom. The van der Waals surface area contributed by atoms with Gasteiger partial charge in [-0.15, -0.1) is 0 Å². The first kappa shape index (κ1) is 16.8. The summed E-state index contributed by atoms with van der Waals surface area (Å²) in [6.07, 6.45) is 0. The Hall–Kier alpha value is -2.56. The van der Waals surface area contributed by atoms with Crippen LogP contribution in [0.25, 0.3) is 0 Å². The molecule has 23 heavy (non-hydrogen) atoms. The third kappa shape index (κ3) is 5.29. The zero-order valence-electron chi connectivity index (χ0n) is 13.2. The molecule has 0 aromatic heterocycles. The van der Waals surface area contributed by atoms with Gasteiger partial charge in [0.05, 0.1) is 12.6 Å². The van der Waals surface area contributed by atoms with Gasteiger partial charge in [-0.05, 0) is 55.8 Å². The number of rotatable bonds is 7. The highest BCUT2D eigenvalue weighted by Crippen LogP contribution is 2.17. The van der Waals surface area contributed by atoms with Crippen molar-refractivity contribution < 1.29 is 18.7 Å². The second kappa shape index (κ2) is 8.17.